The highest BCUT2D eigenvalue weighted by molar-refractivity contribution is 6.42. The van der Waals surface area contributed by atoms with Gasteiger partial charge in [0.25, 0.3) is 0 Å². The molecule has 1 fully saturated rings. The summed E-state index contributed by atoms with van der Waals surface area (Å²) in [4.78, 5) is 6.91. The van der Waals surface area contributed by atoms with Crippen molar-refractivity contribution in [1.29, 1.82) is 0 Å². The van der Waals surface area contributed by atoms with Crippen LogP contribution in [0.2, 0.25) is 10.0 Å². The molecule has 1 aromatic carbocycles. The third-order valence-corrected chi connectivity index (χ3v) is 4.28. The minimum absolute atomic E-state index is 0.525. The van der Waals surface area contributed by atoms with Crippen molar-refractivity contribution in [3.05, 3.63) is 40.4 Å². The van der Waals surface area contributed by atoms with Crippen LogP contribution in [-0.2, 0) is 0 Å². The second kappa shape index (κ2) is 6.10. The van der Waals surface area contributed by atoms with Gasteiger partial charge in [0.2, 0.25) is 0 Å². The first kappa shape index (κ1) is 14.4. The molecule has 0 radical (unpaired) electrons. The van der Waals surface area contributed by atoms with E-state index in [1.807, 2.05) is 24.3 Å². The average Bonchev–Trinajstić information content (AvgIpc) is 2.51. The quantitative estimate of drug-likeness (QED) is 0.892. The van der Waals surface area contributed by atoms with E-state index < -0.39 is 0 Å². The van der Waals surface area contributed by atoms with Gasteiger partial charge >= 0.3 is 0 Å². The van der Waals surface area contributed by atoms with Crippen molar-refractivity contribution in [2.75, 3.05) is 36.8 Å². The first-order chi connectivity index (χ1) is 10.1. The maximum Gasteiger partial charge on any atom is 0.152 e. The van der Waals surface area contributed by atoms with Crippen LogP contribution < -0.4 is 16.0 Å². The number of nitrogens with two attached hydrogens (primary N) is 1. The summed E-state index contributed by atoms with van der Waals surface area (Å²) in [5.74, 6) is 0.833. The maximum atomic E-state index is 6.08. The Hall–Kier alpha value is -1.49. The molecule has 0 aliphatic carbocycles. The third kappa shape index (κ3) is 3.07. The molecular weight excluding hydrogens is 307 g/mol. The number of anilines is 2. The van der Waals surface area contributed by atoms with Crippen LogP contribution in [0.5, 0.6) is 0 Å². The zero-order valence-electron chi connectivity index (χ0n) is 11.4. The molecule has 0 atom stereocenters. The van der Waals surface area contributed by atoms with Crippen LogP contribution >= 0.6 is 23.2 Å². The number of rotatable bonds is 2. The van der Waals surface area contributed by atoms with Crippen molar-refractivity contribution in [2.45, 2.75) is 0 Å². The second-order valence-corrected chi connectivity index (χ2v) is 5.79. The lowest BCUT2D eigenvalue weighted by Gasteiger charge is -2.29. The number of aromatic nitrogens is 1. The van der Waals surface area contributed by atoms with E-state index in [9.17, 15) is 0 Å². The molecule has 1 aromatic heterocycles. The molecule has 0 amide bonds. The number of hydrogen-bond donors (Lipinski definition) is 2. The van der Waals surface area contributed by atoms with E-state index in [4.69, 9.17) is 33.9 Å². The van der Waals surface area contributed by atoms with Crippen molar-refractivity contribution in [3.63, 3.8) is 0 Å². The van der Waals surface area contributed by atoms with E-state index in [0.29, 0.717) is 15.7 Å². The summed E-state index contributed by atoms with van der Waals surface area (Å²) in [6.45, 7) is 3.69. The summed E-state index contributed by atoms with van der Waals surface area (Å²) in [5.41, 5.74) is 8.55. The molecule has 21 heavy (non-hydrogen) atoms. The van der Waals surface area contributed by atoms with Gasteiger partial charge in [-0.05, 0) is 24.3 Å². The molecule has 2 heterocycles. The Kier molecular flexibility index (Phi) is 4.19. The fourth-order valence-corrected chi connectivity index (χ4v) is 2.70. The van der Waals surface area contributed by atoms with Gasteiger partial charge in [-0.1, -0.05) is 29.3 Å². The summed E-state index contributed by atoms with van der Waals surface area (Å²) >= 11 is 12.0. The monoisotopic (exact) mass is 322 g/mol. The summed E-state index contributed by atoms with van der Waals surface area (Å²) in [5, 5.41) is 4.39. The number of piperazine rings is 1. The smallest absolute Gasteiger partial charge is 0.152 e. The van der Waals surface area contributed by atoms with Crippen molar-refractivity contribution in [3.8, 4) is 11.3 Å². The van der Waals surface area contributed by atoms with Gasteiger partial charge in [0, 0.05) is 31.7 Å². The summed E-state index contributed by atoms with van der Waals surface area (Å²) < 4.78 is 0. The Labute approximate surface area is 133 Å². The molecule has 0 spiro atoms. The van der Waals surface area contributed by atoms with Gasteiger partial charge in [-0.25, -0.2) is 4.98 Å². The molecule has 1 aliphatic heterocycles. The molecule has 110 valence electrons. The minimum atomic E-state index is 0.525. The first-order valence-electron chi connectivity index (χ1n) is 6.83. The number of nitrogen functional groups attached to an aromatic ring is 1. The van der Waals surface area contributed by atoms with Gasteiger partial charge in [-0.15, -0.1) is 0 Å². The van der Waals surface area contributed by atoms with E-state index in [-0.39, 0.29) is 0 Å². The lowest BCUT2D eigenvalue weighted by atomic mass is 10.1. The summed E-state index contributed by atoms with van der Waals surface area (Å²) in [7, 11) is 0. The van der Waals surface area contributed by atoms with E-state index in [1.165, 1.54) is 0 Å². The van der Waals surface area contributed by atoms with Gasteiger partial charge in [0.15, 0.2) is 5.82 Å². The van der Waals surface area contributed by atoms with Crippen molar-refractivity contribution in [1.82, 2.24) is 10.3 Å². The number of nitrogens with one attached hydrogen (secondary N) is 1. The summed E-state index contributed by atoms with van der Waals surface area (Å²) in [6, 6.07) is 9.31. The number of halogens is 2. The van der Waals surface area contributed by atoms with Gasteiger partial charge in [0.05, 0.1) is 21.4 Å². The molecule has 0 unspecified atom stereocenters. The highest BCUT2D eigenvalue weighted by Crippen LogP contribution is 2.30. The van der Waals surface area contributed by atoms with Crippen LogP contribution in [0.4, 0.5) is 11.5 Å². The highest BCUT2D eigenvalue weighted by atomic mass is 35.5. The highest BCUT2D eigenvalue weighted by Gasteiger charge is 2.15. The molecule has 2 aromatic rings. The van der Waals surface area contributed by atoms with Crippen molar-refractivity contribution >= 4 is 34.7 Å². The maximum absolute atomic E-state index is 6.08. The van der Waals surface area contributed by atoms with Crippen molar-refractivity contribution < 1.29 is 0 Å². The molecule has 1 saturated heterocycles. The molecule has 3 rings (SSSR count). The summed E-state index contributed by atoms with van der Waals surface area (Å²) in [6.07, 6.45) is 0. The van der Waals surface area contributed by atoms with Gasteiger partial charge in [0.1, 0.15) is 0 Å². The first-order valence-corrected chi connectivity index (χ1v) is 7.58. The van der Waals surface area contributed by atoms with E-state index in [1.54, 1.807) is 6.07 Å². The Morgan fingerprint density at radius 2 is 1.81 bits per heavy atom. The SMILES string of the molecule is Nc1ccc(-c2ccc(Cl)c(Cl)c2)nc1N1CCNCC1. The number of pyridine rings is 1. The van der Waals surface area contributed by atoms with Gasteiger partial charge in [-0.2, -0.15) is 0 Å². The number of nitrogens with zero attached hydrogens (tertiary/aromatic N) is 2. The van der Waals surface area contributed by atoms with E-state index in [2.05, 4.69) is 10.2 Å². The Balaban J connectivity index is 1.98. The number of benzene rings is 1. The molecule has 1 aliphatic rings. The predicted octanol–water partition coefficient (Wildman–Crippen LogP) is 3.05. The molecule has 4 nitrogen and oxygen atoms in total. The zero-order valence-corrected chi connectivity index (χ0v) is 13.0. The average molecular weight is 323 g/mol. The van der Waals surface area contributed by atoms with Gasteiger partial charge < -0.3 is 16.0 Å². The van der Waals surface area contributed by atoms with E-state index in [0.717, 1.165) is 43.3 Å². The van der Waals surface area contributed by atoms with Gasteiger partial charge in [-0.3, -0.25) is 0 Å². The second-order valence-electron chi connectivity index (χ2n) is 4.98. The molecule has 0 saturated carbocycles. The molecule has 3 N–H and O–H groups in total. The van der Waals surface area contributed by atoms with E-state index >= 15 is 0 Å². The Morgan fingerprint density at radius 1 is 1.05 bits per heavy atom. The zero-order chi connectivity index (χ0) is 14.8. The molecule has 0 bridgehead atoms. The largest absolute Gasteiger partial charge is 0.396 e. The van der Waals surface area contributed by atoms with Crippen LogP contribution in [0.25, 0.3) is 11.3 Å². The predicted molar refractivity (Wildman–Crippen MR) is 89.2 cm³/mol. The lowest BCUT2D eigenvalue weighted by molar-refractivity contribution is 0.585. The lowest BCUT2D eigenvalue weighted by Crippen LogP contribution is -2.44. The Morgan fingerprint density at radius 3 is 2.52 bits per heavy atom. The van der Waals surface area contributed by atoms with Crippen LogP contribution in [0, 0.1) is 0 Å². The normalized spacial score (nSPS) is 15.2. The molecular formula is C15H16Cl2N4. The van der Waals surface area contributed by atoms with Crippen LogP contribution in [0.3, 0.4) is 0 Å². The fraction of sp³-hybridized carbons (Fsp3) is 0.267. The molecule has 6 heteroatoms. The van der Waals surface area contributed by atoms with Crippen LogP contribution in [-0.4, -0.2) is 31.2 Å². The van der Waals surface area contributed by atoms with Crippen LogP contribution in [0.15, 0.2) is 30.3 Å². The number of hydrogen-bond acceptors (Lipinski definition) is 4. The third-order valence-electron chi connectivity index (χ3n) is 3.54. The minimum Gasteiger partial charge on any atom is -0.396 e. The standard InChI is InChI=1S/C15H16Cl2N4/c16-11-2-1-10(9-12(11)17)14-4-3-13(18)15(20-14)21-7-5-19-6-8-21/h1-4,9,19H,5-8,18H2. The van der Waals surface area contributed by atoms with Crippen molar-refractivity contribution in [2.24, 2.45) is 0 Å². The fourth-order valence-electron chi connectivity index (χ4n) is 2.41. The van der Waals surface area contributed by atoms with Crippen LogP contribution in [0.1, 0.15) is 0 Å². The Bertz CT molecular complexity index is 654. The topological polar surface area (TPSA) is 54.2 Å².